The highest BCUT2D eigenvalue weighted by molar-refractivity contribution is 4.59. The molecule has 1 aliphatic heterocycles. The van der Waals surface area contributed by atoms with Crippen LogP contribution >= 0.6 is 0 Å². The molecule has 66 valence electrons. The van der Waals surface area contributed by atoms with Crippen LogP contribution in [-0.2, 0) is 14.2 Å². The molecule has 1 fully saturated rings. The Hall–Kier alpha value is -0.120. The Morgan fingerprint density at radius 2 is 2.36 bits per heavy atom. The van der Waals surface area contributed by atoms with Gasteiger partial charge in [-0.3, -0.25) is 0 Å². The van der Waals surface area contributed by atoms with E-state index in [9.17, 15) is 0 Å². The van der Waals surface area contributed by atoms with Crippen molar-refractivity contribution in [3.63, 3.8) is 0 Å². The molecule has 0 bridgehead atoms. The highest BCUT2D eigenvalue weighted by atomic mass is 16.7. The summed E-state index contributed by atoms with van der Waals surface area (Å²) in [5, 5.41) is 0. The van der Waals surface area contributed by atoms with Crippen LogP contribution in [0.25, 0.3) is 0 Å². The fourth-order valence-electron chi connectivity index (χ4n) is 1.06. The summed E-state index contributed by atoms with van der Waals surface area (Å²) in [5.74, 6) is 0. The third kappa shape index (κ3) is 3.18. The van der Waals surface area contributed by atoms with Crippen molar-refractivity contribution >= 4 is 0 Å². The molecule has 1 aliphatic rings. The molecule has 1 saturated heterocycles. The molecule has 2 atom stereocenters. The van der Waals surface area contributed by atoms with Crippen molar-refractivity contribution in [3.8, 4) is 0 Å². The Morgan fingerprint density at radius 3 is 2.91 bits per heavy atom. The van der Waals surface area contributed by atoms with Gasteiger partial charge in [-0.05, 0) is 13.8 Å². The molecule has 0 aromatic heterocycles. The molecule has 3 nitrogen and oxygen atoms in total. The maximum Gasteiger partial charge on any atom is 0.160 e. The minimum atomic E-state index is -0.0310. The van der Waals surface area contributed by atoms with Gasteiger partial charge in [0.25, 0.3) is 0 Å². The van der Waals surface area contributed by atoms with Crippen LogP contribution in [0, 0.1) is 0 Å². The zero-order valence-electron chi connectivity index (χ0n) is 7.21. The molecule has 0 aromatic carbocycles. The Kier molecular flexibility index (Phi) is 3.83. The maximum atomic E-state index is 5.41. The second-order valence-corrected chi connectivity index (χ2v) is 2.70. The van der Waals surface area contributed by atoms with Crippen molar-refractivity contribution in [2.75, 3.05) is 19.8 Å². The first-order valence-electron chi connectivity index (χ1n) is 4.17. The molecular formula is C8H16O3. The van der Waals surface area contributed by atoms with E-state index in [2.05, 4.69) is 0 Å². The molecule has 0 amide bonds. The van der Waals surface area contributed by atoms with Gasteiger partial charge in [0.15, 0.2) is 6.29 Å². The molecule has 1 rings (SSSR count). The van der Waals surface area contributed by atoms with E-state index in [4.69, 9.17) is 14.2 Å². The minimum Gasteiger partial charge on any atom is -0.382 e. The second-order valence-electron chi connectivity index (χ2n) is 2.70. The summed E-state index contributed by atoms with van der Waals surface area (Å²) in [5.41, 5.74) is 0. The van der Waals surface area contributed by atoms with E-state index in [-0.39, 0.29) is 12.4 Å². The number of ether oxygens (including phenoxy) is 3. The molecule has 11 heavy (non-hydrogen) atoms. The second kappa shape index (κ2) is 4.70. The largest absolute Gasteiger partial charge is 0.382 e. The van der Waals surface area contributed by atoms with Crippen LogP contribution < -0.4 is 0 Å². The van der Waals surface area contributed by atoms with E-state index >= 15 is 0 Å². The summed E-state index contributed by atoms with van der Waals surface area (Å²) in [4.78, 5) is 0. The van der Waals surface area contributed by atoms with Gasteiger partial charge in [-0.15, -0.1) is 0 Å². The Balaban J connectivity index is 1.99. The molecule has 0 aromatic rings. The van der Waals surface area contributed by atoms with Crippen molar-refractivity contribution in [2.24, 2.45) is 0 Å². The minimum absolute atomic E-state index is 0.0310. The van der Waals surface area contributed by atoms with Crippen molar-refractivity contribution < 1.29 is 14.2 Å². The van der Waals surface area contributed by atoms with E-state index < -0.39 is 0 Å². The van der Waals surface area contributed by atoms with Gasteiger partial charge >= 0.3 is 0 Å². The highest BCUT2D eigenvalue weighted by Crippen LogP contribution is 2.13. The number of hydrogen-bond donors (Lipinski definition) is 0. The van der Waals surface area contributed by atoms with Crippen LogP contribution in [0.3, 0.4) is 0 Å². The van der Waals surface area contributed by atoms with Crippen molar-refractivity contribution in [3.05, 3.63) is 0 Å². The standard InChI is InChI=1S/C8H16O3/c1-3-9-5-4-8-10-6-7(2)11-8/h7-8H,3-6H2,1-2H3/t7-,8-/m1/s1. The van der Waals surface area contributed by atoms with Crippen LogP contribution in [0.5, 0.6) is 0 Å². The first-order chi connectivity index (χ1) is 5.33. The summed E-state index contributed by atoms with van der Waals surface area (Å²) >= 11 is 0. The monoisotopic (exact) mass is 160 g/mol. The van der Waals surface area contributed by atoms with Crippen LogP contribution in [0.4, 0.5) is 0 Å². The Morgan fingerprint density at radius 1 is 1.55 bits per heavy atom. The van der Waals surface area contributed by atoms with E-state index in [0.29, 0.717) is 0 Å². The van der Waals surface area contributed by atoms with Gasteiger partial charge in [0.2, 0.25) is 0 Å². The SMILES string of the molecule is CCOCC[C@@H]1OC[C@@H](C)O1. The van der Waals surface area contributed by atoms with Crippen LogP contribution in [0.1, 0.15) is 20.3 Å². The molecule has 0 N–H and O–H groups in total. The lowest BCUT2D eigenvalue weighted by Gasteiger charge is -2.08. The van der Waals surface area contributed by atoms with Crippen LogP contribution in [0.15, 0.2) is 0 Å². The lowest BCUT2D eigenvalue weighted by atomic mass is 10.4. The Labute approximate surface area is 67.6 Å². The summed E-state index contributed by atoms with van der Waals surface area (Å²) in [7, 11) is 0. The lowest BCUT2D eigenvalue weighted by Crippen LogP contribution is -2.12. The summed E-state index contributed by atoms with van der Waals surface area (Å²) in [6.07, 6.45) is 1.07. The quantitative estimate of drug-likeness (QED) is 0.578. The Bertz CT molecular complexity index is 106. The molecular weight excluding hydrogens is 144 g/mol. The first kappa shape index (κ1) is 8.97. The predicted molar refractivity (Wildman–Crippen MR) is 41.4 cm³/mol. The molecule has 0 aliphatic carbocycles. The smallest absolute Gasteiger partial charge is 0.160 e. The fourth-order valence-corrected chi connectivity index (χ4v) is 1.06. The van der Waals surface area contributed by atoms with E-state index in [1.165, 1.54) is 0 Å². The van der Waals surface area contributed by atoms with Crippen molar-refractivity contribution in [1.29, 1.82) is 0 Å². The molecule has 3 heteroatoms. The van der Waals surface area contributed by atoms with Gasteiger partial charge in [-0.25, -0.2) is 0 Å². The number of rotatable bonds is 4. The molecule has 0 radical (unpaired) electrons. The van der Waals surface area contributed by atoms with Gasteiger partial charge in [0.05, 0.1) is 19.3 Å². The molecule has 1 heterocycles. The fraction of sp³-hybridized carbons (Fsp3) is 1.00. The van der Waals surface area contributed by atoms with Gasteiger partial charge in [0.1, 0.15) is 0 Å². The summed E-state index contributed by atoms with van der Waals surface area (Å²) in [6, 6.07) is 0. The topological polar surface area (TPSA) is 27.7 Å². The lowest BCUT2D eigenvalue weighted by molar-refractivity contribution is -0.0719. The number of hydrogen-bond acceptors (Lipinski definition) is 3. The average Bonchev–Trinajstić information content (AvgIpc) is 2.37. The molecule has 0 unspecified atom stereocenters. The van der Waals surface area contributed by atoms with Crippen molar-refractivity contribution in [2.45, 2.75) is 32.7 Å². The molecule has 0 saturated carbocycles. The highest BCUT2D eigenvalue weighted by Gasteiger charge is 2.21. The van der Waals surface area contributed by atoms with E-state index in [1.54, 1.807) is 0 Å². The van der Waals surface area contributed by atoms with Gasteiger partial charge < -0.3 is 14.2 Å². The average molecular weight is 160 g/mol. The maximum absolute atomic E-state index is 5.41. The van der Waals surface area contributed by atoms with Gasteiger partial charge in [-0.2, -0.15) is 0 Å². The first-order valence-corrected chi connectivity index (χ1v) is 4.17. The van der Waals surface area contributed by atoms with Crippen molar-refractivity contribution in [1.82, 2.24) is 0 Å². The van der Waals surface area contributed by atoms with Crippen LogP contribution in [0.2, 0.25) is 0 Å². The summed E-state index contributed by atoms with van der Waals surface area (Å²) < 4.78 is 15.9. The van der Waals surface area contributed by atoms with E-state index in [0.717, 1.165) is 26.2 Å². The third-order valence-electron chi connectivity index (χ3n) is 1.60. The van der Waals surface area contributed by atoms with Gasteiger partial charge in [0, 0.05) is 13.0 Å². The molecule has 0 spiro atoms. The zero-order valence-corrected chi connectivity index (χ0v) is 7.21. The van der Waals surface area contributed by atoms with Gasteiger partial charge in [-0.1, -0.05) is 0 Å². The van der Waals surface area contributed by atoms with E-state index in [1.807, 2.05) is 13.8 Å². The third-order valence-corrected chi connectivity index (χ3v) is 1.60. The summed E-state index contributed by atoms with van der Waals surface area (Å²) in [6.45, 7) is 6.21. The normalized spacial score (nSPS) is 31.1. The van der Waals surface area contributed by atoms with Crippen LogP contribution in [-0.4, -0.2) is 32.2 Å². The zero-order chi connectivity index (χ0) is 8.10. The predicted octanol–water partition coefficient (Wildman–Crippen LogP) is 1.17.